The average Bonchev–Trinajstić information content (AvgIpc) is 2.44. The SMILES string of the molecule is N#CCCCCCCCCCC(C#N)(C#N)CC#N. The number of rotatable bonds is 10. The Bertz CT molecular complexity index is 386. The fourth-order valence-electron chi connectivity index (χ4n) is 1.95. The van der Waals surface area contributed by atoms with Crippen LogP contribution in [0.25, 0.3) is 0 Å². The quantitative estimate of drug-likeness (QED) is 0.552. The Morgan fingerprint density at radius 1 is 0.632 bits per heavy atom. The Morgan fingerprint density at radius 3 is 1.63 bits per heavy atom. The third-order valence-corrected chi connectivity index (χ3v) is 3.20. The Kier molecular flexibility index (Phi) is 9.88. The minimum atomic E-state index is -1.11. The van der Waals surface area contributed by atoms with Gasteiger partial charge in [0.05, 0.1) is 30.7 Å². The molecule has 0 bridgehead atoms. The van der Waals surface area contributed by atoms with Crippen molar-refractivity contribution in [3.63, 3.8) is 0 Å². The number of nitriles is 4. The Morgan fingerprint density at radius 2 is 1.16 bits per heavy atom. The van der Waals surface area contributed by atoms with Crippen molar-refractivity contribution < 1.29 is 0 Å². The lowest BCUT2D eigenvalue weighted by Gasteiger charge is -2.13. The molecule has 0 aliphatic heterocycles. The topological polar surface area (TPSA) is 95.2 Å². The first kappa shape index (κ1) is 17.0. The van der Waals surface area contributed by atoms with Gasteiger partial charge in [-0.2, -0.15) is 21.0 Å². The fraction of sp³-hybridized carbons (Fsp3) is 0.733. The number of hydrogen-bond acceptors (Lipinski definition) is 4. The molecule has 4 heteroatoms. The van der Waals surface area contributed by atoms with Crippen molar-refractivity contribution in [1.82, 2.24) is 0 Å². The summed E-state index contributed by atoms with van der Waals surface area (Å²) in [5.74, 6) is 0. The van der Waals surface area contributed by atoms with Crippen LogP contribution in [0.4, 0.5) is 0 Å². The standard InChI is InChI=1S/C15H20N4/c16-11-8-6-4-2-1-3-5-7-9-15(13-18,14-19)10-12-17/h1-10H2. The second kappa shape index (κ2) is 11.1. The number of nitrogens with zero attached hydrogens (tertiary/aromatic N) is 4. The van der Waals surface area contributed by atoms with Crippen LogP contribution in [0.1, 0.15) is 64.2 Å². The molecule has 19 heavy (non-hydrogen) atoms. The van der Waals surface area contributed by atoms with E-state index < -0.39 is 5.41 Å². The zero-order valence-electron chi connectivity index (χ0n) is 11.4. The molecule has 4 nitrogen and oxygen atoms in total. The largest absolute Gasteiger partial charge is 0.198 e. The molecule has 100 valence electrons. The third-order valence-electron chi connectivity index (χ3n) is 3.20. The van der Waals surface area contributed by atoms with Gasteiger partial charge < -0.3 is 0 Å². The van der Waals surface area contributed by atoms with E-state index in [1.165, 1.54) is 0 Å². The van der Waals surface area contributed by atoms with Crippen molar-refractivity contribution in [1.29, 1.82) is 21.0 Å². The molecule has 0 aliphatic rings. The lowest BCUT2D eigenvalue weighted by molar-refractivity contribution is 0.447. The van der Waals surface area contributed by atoms with Crippen LogP contribution in [0.5, 0.6) is 0 Å². The van der Waals surface area contributed by atoms with Gasteiger partial charge >= 0.3 is 0 Å². The van der Waals surface area contributed by atoms with E-state index in [9.17, 15) is 0 Å². The van der Waals surface area contributed by atoms with Crippen LogP contribution in [0.2, 0.25) is 0 Å². The zero-order chi connectivity index (χ0) is 14.4. The van der Waals surface area contributed by atoms with Crippen molar-refractivity contribution in [3.8, 4) is 24.3 Å². The molecule has 0 spiro atoms. The van der Waals surface area contributed by atoms with E-state index in [1.54, 1.807) is 0 Å². The molecule has 0 saturated carbocycles. The van der Waals surface area contributed by atoms with Gasteiger partial charge in [0.2, 0.25) is 0 Å². The molecule has 0 aromatic rings. The van der Waals surface area contributed by atoms with Crippen LogP contribution < -0.4 is 0 Å². The Hall–Kier alpha value is -2.04. The molecule has 0 saturated heterocycles. The number of unbranched alkanes of at least 4 members (excludes halogenated alkanes) is 7. The second-order valence-electron chi connectivity index (χ2n) is 4.77. The van der Waals surface area contributed by atoms with E-state index in [0.29, 0.717) is 12.8 Å². The highest BCUT2D eigenvalue weighted by atomic mass is 14.4. The summed E-state index contributed by atoms with van der Waals surface area (Å²) in [7, 11) is 0. The van der Waals surface area contributed by atoms with Crippen LogP contribution in [0.15, 0.2) is 0 Å². The van der Waals surface area contributed by atoms with Crippen molar-refractivity contribution in [2.24, 2.45) is 5.41 Å². The minimum absolute atomic E-state index is 0.00579. The molecule has 0 unspecified atom stereocenters. The summed E-state index contributed by atoms with van der Waals surface area (Å²) in [6.45, 7) is 0. The van der Waals surface area contributed by atoms with Gasteiger partial charge in [-0.15, -0.1) is 0 Å². The first-order valence-corrected chi connectivity index (χ1v) is 6.81. The predicted molar refractivity (Wildman–Crippen MR) is 71.1 cm³/mol. The summed E-state index contributed by atoms with van der Waals surface area (Å²) in [6.07, 6.45) is 8.38. The van der Waals surface area contributed by atoms with Crippen LogP contribution in [-0.4, -0.2) is 0 Å². The normalized spacial score (nSPS) is 9.89. The molecule has 0 radical (unpaired) electrons. The molecule has 0 aliphatic carbocycles. The molecule has 0 heterocycles. The van der Waals surface area contributed by atoms with Gasteiger partial charge in [0.15, 0.2) is 5.41 Å². The maximum atomic E-state index is 8.98. The molecule has 0 fully saturated rings. The lowest BCUT2D eigenvalue weighted by atomic mass is 9.83. The maximum absolute atomic E-state index is 8.98. The molecule has 0 aromatic carbocycles. The molecule has 0 aromatic heterocycles. The van der Waals surface area contributed by atoms with Gasteiger partial charge in [-0.25, -0.2) is 0 Å². The second-order valence-corrected chi connectivity index (χ2v) is 4.77. The summed E-state index contributed by atoms with van der Waals surface area (Å²) in [4.78, 5) is 0. The first-order chi connectivity index (χ1) is 9.24. The summed E-state index contributed by atoms with van der Waals surface area (Å²) in [5, 5.41) is 35.0. The summed E-state index contributed by atoms with van der Waals surface area (Å²) in [5.41, 5.74) is -1.11. The van der Waals surface area contributed by atoms with Crippen molar-refractivity contribution >= 4 is 0 Å². The van der Waals surface area contributed by atoms with Gasteiger partial charge in [0.25, 0.3) is 0 Å². The summed E-state index contributed by atoms with van der Waals surface area (Å²) >= 11 is 0. The van der Waals surface area contributed by atoms with Crippen LogP contribution in [0.3, 0.4) is 0 Å². The van der Waals surface area contributed by atoms with Gasteiger partial charge in [-0.05, 0) is 12.8 Å². The van der Waals surface area contributed by atoms with Crippen LogP contribution >= 0.6 is 0 Å². The maximum Gasteiger partial charge on any atom is 0.156 e. The van der Waals surface area contributed by atoms with E-state index in [1.807, 2.05) is 18.2 Å². The van der Waals surface area contributed by atoms with Crippen molar-refractivity contribution in [2.75, 3.05) is 0 Å². The highest BCUT2D eigenvalue weighted by Gasteiger charge is 2.29. The van der Waals surface area contributed by atoms with E-state index in [2.05, 4.69) is 6.07 Å². The Balaban J connectivity index is 3.64. The summed E-state index contributed by atoms with van der Waals surface area (Å²) in [6, 6.07) is 8.01. The van der Waals surface area contributed by atoms with E-state index in [4.69, 9.17) is 21.0 Å². The van der Waals surface area contributed by atoms with Gasteiger partial charge in [-0.3, -0.25) is 0 Å². The summed E-state index contributed by atoms with van der Waals surface area (Å²) < 4.78 is 0. The van der Waals surface area contributed by atoms with Gasteiger partial charge in [0.1, 0.15) is 0 Å². The molecule has 0 N–H and O–H groups in total. The predicted octanol–water partition coefficient (Wildman–Crippen LogP) is 3.97. The van der Waals surface area contributed by atoms with E-state index in [0.717, 1.165) is 44.9 Å². The van der Waals surface area contributed by atoms with E-state index >= 15 is 0 Å². The molecular formula is C15H20N4. The average molecular weight is 256 g/mol. The molecule has 0 amide bonds. The fourth-order valence-corrected chi connectivity index (χ4v) is 1.95. The van der Waals surface area contributed by atoms with Crippen molar-refractivity contribution in [2.45, 2.75) is 64.2 Å². The zero-order valence-corrected chi connectivity index (χ0v) is 11.4. The Labute approximate surface area is 115 Å². The minimum Gasteiger partial charge on any atom is -0.198 e. The highest BCUT2D eigenvalue weighted by Crippen LogP contribution is 2.27. The van der Waals surface area contributed by atoms with Crippen molar-refractivity contribution in [3.05, 3.63) is 0 Å². The van der Waals surface area contributed by atoms with Gasteiger partial charge in [0, 0.05) is 6.42 Å². The van der Waals surface area contributed by atoms with E-state index in [-0.39, 0.29) is 6.42 Å². The monoisotopic (exact) mass is 256 g/mol. The molecule has 0 atom stereocenters. The third kappa shape index (κ3) is 7.81. The lowest BCUT2D eigenvalue weighted by Crippen LogP contribution is -2.15. The van der Waals surface area contributed by atoms with Crippen LogP contribution in [-0.2, 0) is 0 Å². The van der Waals surface area contributed by atoms with Crippen LogP contribution in [0, 0.1) is 50.7 Å². The number of hydrogen-bond donors (Lipinski definition) is 0. The first-order valence-electron chi connectivity index (χ1n) is 6.81. The smallest absolute Gasteiger partial charge is 0.156 e. The molecular weight excluding hydrogens is 236 g/mol. The van der Waals surface area contributed by atoms with Gasteiger partial charge in [-0.1, -0.05) is 38.5 Å². The highest BCUT2D eigenvalue weighted by molar-refractivity contribution is 5.16. The molecule has 0 rings (SSSR count).